The van der Waals surface area contributed by atoms with Gasteiger partial charge in [-0.2, -0.15) is 0 Å². The predicted molar refractivity (Wildman–Crippen MR) is 66.5 cm³/mol. The quantitative estimate of drug-likeness (QED) is 0.542. The fraction of sp³-hybridized carbons (Fsp3) is 0.643. The highest BCUT2D eigenvalue weighted by atomic mass is 16.9. The molecule has 1 heterocycles. The van der Waals surface area contributed by atoms with Crippen molar-refractivity contribution < 1.29 is 9.74 Å². The summed E-state index contributed by atoms with van der Waals surface area (Å²) in [5.74, 6) is 0.209. The minimum Gasteiger partial charge on any atom is -0.394 e. The van der Waals surface area contributed by atoms with Gasteiger partial charge in [0.05, 0.1) is 5.92 Å². The van der Waals surface area contributed by atoms with Crippen molar-refractivity contribution in [1.29, 1.82) is 0 Å². The first-order chi connectivity index (χ1) is 8.27. The second-order valence-corrected chi connectivity index (χ2v) is 5.25. The molecule has 3 aliphatic rings. The predicted octanol–water partition coefficient (Wildman–Crippen LogP) is 3.11. The molecule has 2 atom stereocenters. The maximum absolute atomic E-state index is 11.9. The summed E-state index contributed by atoms with van der Waals surface area (Å²) < 4.78 is 0. The van der Waals surface area contributed by atoms with Crippen molar-refractivity contribution in [1.82, 2.24) is 0 Å². The van der Waals surface area contributed by atoms with E-state index in [4.69, 9.17) is 4.84 Å². The zero-order valence-electron chi connectivity index (χ0n) is 10.3. The molecule has 1 aliphatic heterocycles. The summed E-state index contributed by atoms with van der Waals surface area (Å²) in [4.78, 5) is 6.30. The summed E-state index contributed by atoms with van der Waals surface area (Å²) >= 11 is 0. The minimum absolute atomic E-state index is 0.00787. The Morgan fingerprint density at radius 3 is 2.65 bits per heavy atom. The number of hydrogen-bond acceptors (Lipinski definition) is 2. The zero-order valence-corrected chi connectivity index (χ0v) is 10.3. The molecule has 0 aromatic carbocycles. The van der Waals surface area contributed by atoms with Crippen LogP contribution >= 0.6 is 0 Å². The molecule has 0 bridgehead atoms. The van der Waals surface area contributed by atoms with Crippen LogP contribution in [0.2, 0.25) is 0 Å². The molecule has 0 saturated carbocycles. The van der Waals surface area contributed by atoms with E-state index >= 15 is 0 Å². The first-order valence-corrected chi connectivity index (χ1v) is 6.66. The van der Waals surface area contributed by atoms with Gasteiger partial charge in [0.2, 0.25) is 0 Å². The van der Waals surface area contributed by atoms with Crippen LogP contribution < -0.4 is 0 Å². The molecule has 0 aromatic rings. The summed E-state index contributed by atoms with van der Waals surface area (Å²) in [6.45, 7) is 2.12. The molecule has 3 nitrogen and oxygen atoms in total. The summed E-state index contributed by atoms with van der Waals surface area (Å²) in [6, 6.07) is 0. The zero-order chi connectivity index (χ0) is 11.8. The Balaban J connectivity index is 1.83. The lowest BCUT2D eigenvalue weighted by Gasteiger charge is -2.17. The fourth-order valence-electron chi connectivity index (χ4n) is 3.22. The maximum Gasteiger partial charge on any atom is 0.252 e. The summed E-state index contributed by atoms with van der Waals surface area (Å²) in [6.07, 6.45) is 11.2. The van der Waals surface area contributed by atoms with Gasteiger partial charge in [0.15, 0.2) is 0 Å². The molecule has 0 unspecified atom stereocenters. The van der Waals surface area contributed by atoms with Gasteiger partial charge in [-0.05, 0) is 38.5 Å². The van der Waals surface area contributed by atoms with Gasteiger partial charge in [0.1, 0.15) is 6.10 Å². The number of rotatable bonds is 2. The third kappa shape index (κ3) is 1.78. The molecular weight excluding hydrogens is 214 g/mol. The molecule has 92 valence electrons. The van der Waals surface area contributed by atoms with Crippen molar-refractivity contribution in [2.24, 2.45) is 5.92 Å². The van der Waals surface area contributed by atoms with Gasteiger partial charge in [-0.1, -0.05) is 24.6 Å². The average Bonchev–Trinajstić information content (AvgIpc) is 2.99. The monoisotopic (exact) mass is 233 g/mol. The van der Waals surface area contributed by atoms with Crippen molar-refractivity contribution >= 4 is 5.71 Å². The topological polar surface area (TPSA) is 35.3 Å². The van der Waals surface area contributed by atoms with Crippen molar-refractivity contribution in [3.05, 3.63) is 28.5 Å². The van der Waals surface area contributed by atoms with Gasteiger partial charge in [0, 0.05) is 10.5 Å². The Hall–Kier alpha value is -1.25. The van der Waals surface area contributed by atoms with E-state index in [0.717, 1.165) is 36.3 Å². The Kier molecular flexibility index (Phi) is 2.69. The molecule has 0 aromatic heterocycles. The van der Waals surface area contributed by atoms with E-state index in [1.807, 2.05) is 0 Å². The molecule has 3 heteroatoms. The molecule has 2 aliphatic carbocycles. The van der Waals surface area contributed by atoms with Crippen molar-refractivity contribution in [3.8, 4) is 0 Å². The minimum atomic E-state index is -0.00787. The lowest BCUT2D eigenvalue weighted by atomic mass is 9.89. The molecule has 0 N–H and O–H groups in total. The van der Waals surface area contributed by atoms with Crippen molar-refractivity contribution in [2.45, 2.75) is 51.6 Å². The van der Waals surface area contributed by atoms with Crippen LogP contribution in [-0.2, 0) is 4.84 Å². The fourth-order valence-corrected chi connectivity index (χ4v) is 3.22. The SMILES string of the molecule is C[C@@H]1C(C2=CCCC2)=[N+]([O-])O[C@H]1C1=CCCC1. The number of allylic oxidation sites excluding steroid dienone is 3. The van der Waals surface area contributed by atoms with Gasteiger partial charge in [0.25, 0.3) is 5.71 Å². The Bertz CT molecular complexity index is 420. The molecule has 17 heavy (non-hydrogen) atoms. The van der Waals surface area contributed by atoms with Crippen LogP contribution in [0.3, 0.4) is 0 Å². The Morgan fingerprint density at radius 1 is 1.24 bits per heavy atom. The van der Waals surface area contributed by atoms with Crippen LogP contribution in [0.1, 0.15) is 45.4 Å². The van der Waals surface area contributed by atoms with E-state index in [-0.39, 0.29) is 12.0 Å². The van der Waals surface area contributed by atoms with Crippen LogP contribution in [-0.4, -0.2) is 16.7 Å². The van der Waals surface area contributed by atoms with Crippen molar-refractivity contribution in [3.63, 3.8) is 0 Å². The first-order valence-electron chi connectivity index (χ1n) is 6.66. The van der Waals surface area contributed by atoms with Gasteiger partial charge in [-0.15, -0.1) is 0 Å². The average molecular weight is 233 g/mol. The Labute approximate surface area is 102 Å². The van der Waals surface area contributed by atoms with Crippen LogP contribution in [0.4, 0.5) is 0 Å². The van der Waals surface area contributed by atoms with E-state index < -0.39 is 0 Å². The normalized spacial score (nSPS) is 32.8. The van der Waals surface area contributed by atoms with Crippen molar-refractivity contribution in [2.75, 3.05) is 0 Å². The molecular formula is C14H19NO2. The Morgan fingerprint density at radius 2 is 2.00 bits per heavy atom. The highest BCUT2D eigenvalue weighted by molar-refractivity contribution is 5.99. The molecule has 0 saturated heterocycles. The molecule has 0 fully saturated rings. The molecule has 0 spiro atoms. The second kappa shape index (κ2) is 4.21. The lowest BCUT2D eigenvalue weighted by molar-refractivity contribution is -0.738. The summed E-state index contributed by atoms with van der Waals surface area (Å²) in [7, 11) is 0. The molecule has 0 radical (unpaired) electrons. The first kappa shape index (κ1) is 10.9. The lowest BCUT2D eigenvalue weighted by Crippen LogP contribution is -2.22. The van der Waals surface area contributed by atoms with Gasteiger partial charge in [-0.25, -0.2) is 0 Å². The van der Waals surface area contributed by atoms with Gasteiger partial charge >= 0.3 is 0 Å². The second-order valence-electron chi connectivity index (χ2n) is 5.25. The molecule has 3 rings (SSSR count). The maximum atomic E-state index is 11.9. The highest BCUT2D eigenvalue weighted by Crippen LogP contribution is 2.34. The standard InChI is InChI=1S/C14H19NO2/c1-10-13(11-6-2-3-7-11)15(16)17-14(10)12-8-4-5-9-12/h6,8,10,14H,2-5,7,9H2,1H3/t10-,14-/m1/s1. The largest absolute Gasteiger partial charge is 0.394 e. The van der Waals surface area contributed by atoms with Crippen LogP contribution in [0.5, 0.6) is 0 Å². The third-order valence-electron chi connectivity index (χ3n) is 4.10. The third-order valence-corrected chi connectivity index (χ3v) is 4.10. The van der Waals surface area contributed by atoms with Crippen LogP contribution in [0.15, 0.2) is 23.3 Å². The summed E-state index contributed by atoms with van der Waals surface area (Å²) in [5, 5.41) is 11.9. The number of hydrogen-bond donors (Lipinski definition) is 0. The highest BCUT2D eigenvalue weighted by Gasteiger charge is 2.40. The molecule has 0 amide bonds. The van der Waals surface area contributed by atoms with E-state index in [0.29, 0.717) is 0 Å². The summed E-state index contributed by atoms with van der Waals surface area (Å²) in [5.41, 5.74) is 3.42. The van der Waals surface area contributed by atoms with E-state index in [1.165, 1.54) is 24.0 Å². The van der Waals surface area contributed by atoms with Gasteiger partial charge < -0.3 is 4.84 Å². The smallest absolute Gasteiger partial charge is 0.252 e. The van der Waals surface area contributed by atoms with E-state index in [9.17, 15) is 5.21 Å². The van der Waals surface area contributed by atoms with Gasteiger partial charge in [-0.3, -0.25) is 5.21 Å². The number of nitrogens with zero attached hydrogens (tertiary/aromatic N) is 1. The van der Waals surface area contributed by atoms with Crippen LogP contribution in [0.25, 0.3) is 0 Å². The van der Waals surface area contributed by atoms with E-state index in [1.54, 1.807) is 0 Å². The van der Waals surface area contributed by atoms with Crippen LogP contribution in [0, 0.1) is 11.1 Å². The van der Waals surface area contributed by atoms with E-state index in [2.05, 4.69) is 19.1 Å².